The summed E-state index contributed by atoms with van der Waals surface area (Å²) in [5.74, 6) is 0. The molecule has 0 aromatic rings. The molecule has 0 unspecified atom stereocenters. The maximum Gasteiger partial charge on any atom is 0.416 e. The summed E-state index contributed by atoms with van der Waals surface area (Å²) in [6.45, 7) is 4.72. The largest absolute Gasteiger partial charge is 0.416 e. The smallest absolute Gasteiger partial charge is 0.166 e. The van der Waals surface area contributed by atoms with E-state index in [9.17, 15) is 13.2 Å². The number of rotatable bonds is 2. The third-order valence-electron chi connectivity index (χ3n) is 0.971. The lowest BCUT2D eigenvalue weighted by Gasteiger charge is -2.05. The van der Waals surface area contributed by atoms with Crippen LogP contribution in [0.1, 0.15) is 6.92 Å². The van der Waals surface area contributed by atoms with E-state index in [1.807, 2.05) is 0 Å². The van der Waals surface area contributed by atoms with Crippen LogP contribution in [0.3, 0.4) is 0 Å². The zero-order valence-corrected chi connectivity index (χ0v) is 6.15. The number of hydrogen-bond donors (Lipinski definition) is 0. The van der Waals surface area contributed by atoms with Crippen LogP contribution in [0.15, 0.2) is 36.5 Å². The molecule has 0 saturated carbocycles. The summed E-state index contributed by atoms with van der Waals surface area (Å²) in [6, 6.07) is 0. The zero-order chi connectivity index (χ0) is 8.91. The first-order valence-electron chi connectivity index (χ1n) is 3.05. The molecular formula is C8H9F3. The normalized spacial score (nSPS) is 14.0. The van der Waals surface area contributed by atoms with Crippen LogP contribution in [-0.4, -0.2) is 6.18 Å². The monoisotopic (exact) mass is 162 g/mol. The average Bonchev–Trinajstić information content (AvgIpc) is 1.85. The summed E-state index contributed by atoms with van der Waals surface area (Å²) < 4.78 is 35.8. The number of hydrogen-bond acceptors (Lipinski definition) is 0. The van der Waals surface area contributed by atoms with Crippen LogP contribution < -0.4 is 0 Å². The lowest BCUT2D eigenvalue weighted by atomic mass is 10.2. The van der Waals surface area contributed by atoms with Crippen molar-refractivity contribution < 1.29 is 13.2 Å². The van der Waals surface area contributed by atoms with Crippen LogP contribution in [0.25, 0.3) is 0 Å². The lowest BCUT2D eigenvalue weighted by Crippen LogP contribution is -2.09. The molecule has 0 aliphatic carbocycles. The summed E-state index contributed by atoms with van der Waals surface area (Å²) >= 11 is 0. The van der Waals surface area contributed by atoms with Gasteiger partial charge in [0.05, 0.1) is 5.57 Å². The van der Waals surface area contributed by atoms with Gasteiger partial charge >= 0.3 is 6.18 Å². The summed E-state index contributed by atoms with van der Waals surface area (Å²) in [5.41, 5.74) is -0.685. The minimum atomic E-state index is -4.28. The molecule has 3 heteroatoms. The molecule has 0 aromatic heterocycles. The average molecular weight is 162 g/mol. The van der Waals surface area contributed by atoms with Crippen LogP contribution in [-0.2, 0) is 0 Å². The quantitative estimate of drug-likeness (QED) is 0.547. The second kappa shape index (κ2) is 4.01. The van der Waals surface area contributed by atoms with Gasteiger partial charge in [-0.05, 0) is 6.92 Å². The van der Waals surface area contributed by atoms with Gasteiger partial charge in [0.25, 0.3) is 0 Å². The molecular weight excluding hydrogens is 153 g/mol. The fraction of sp³-hybridized carbons (Fsp3) is 0.250. The second-order valence-corrected chi connectivity index (χ2v) is 1.86. The van der Waals surface area contributed by atoms with Gasteiger partial charge in [-0.15, -0.1) is 0 Å². The Morgan fingerprint density at radius 3 is 2.18 bits per heavy atom. The van der Waals surface area contributed by atoms with E-state index in [-0.39, 0.29) is 0 Å². The van der Waals surface area contributed by atoms with Crippen molar-refractivity contribution in [2.24, 2.45) is 0 Å². The standard InChI is InChI=1S/C8H9F3/c1-3-5-7(6-4-2)8(9,10)11/h3-6H,1H2,2H3/b6-4+,7-5+. The van der Waals surface area contributed by atoms with Crippen molar-refractivity contribution >= 4 is 0 Å². The van der Waals surface area contributed by atoms with Crippen LogP contribution in [0.2, 0.25) is 0 Å². The first-order valence-corrected chi connectivity index (χ1v) is 3.05. The van der Waals surface area contributed by atoms with Crippen molar-refractivity contribution in [2.45, 2.75) is 13.1 Å². The van der Waals surface area contributed by atoms with E-state index in [0.717, 1.165) is 18.2 Å². The lowest BCUT2D eigenvalue weighted by molar-refractivity contribution is -0.0881. The molecule has 0 amide bonds. The molecule has 0 bridgehead atoms. The fourth-order valence-electron chi connectivity index (χ4n) is 0.551. The van der Waals surface area contributed by atoms with Crippen molar-refractivity contribution in [1.82, 2.24) is 0 Å². The molecule has 62 valence electrons. The summed E-state index contributed by atoms with van der Waals surface area (Å²) in [7, 11) is 0. The molecule has 0 N–H and O–H groups in total. The maximum atomic E-state index is 11.9. The predicted molar refractivity (Wildman–Crippen MR) is 39.1 cm³/mol. The van der Waals surface area contributed by atoms with Crippen LogP contribution in [0.5, 0.6) is 0 Å². The van der Waals surface area contributed by atoms with Crippen LogP contribution >= 0.6 is 0 Å². The Kier molecular flexibility index (Phi) is 3.65. The van der Waals surface area contributed by atoms with Crippen molar-refractivity contribution in [1.29, 1.82) is 0 Å². The van der Waals surface area contributed by atoms with Gasteiger partial charge in [0, 0.05) is 0 Å². The van der Waals surface area contributed by atoms with E-state index >= 15 is 0 Å². The topological polar surface area (TPSA) is 0 Å². The Bertz CT molecular complexity index is 184. The highest BCUT2D eigenvalue weighted by Gasteiger charge is 2.30. The van der Waals surface area contributed by atoms with Gasteiger partial charge in [0.1, 0.15) is 0 Å². The van der Waals surface area contributed by atoms with Gasteiger partial charge in [-0.3, -0.25) is 0 Å². The molecule has 0 radical (unpaired) electrons. The van der Waals surface area contributed by atoms with Gasteiger partial charge in [-0.25, -0.2) is 0 Å². The van der Waals surface area contributed by atoms with Gasteiger partial charge in [0.15, 0.2) is 0 Å². The van der Waals surface area contributed by atoms with Gasteiger partial charge in [0.2, 0.25) is 0 Å². The Morgan fingerprint density at radius 1 is 1.36 bits per heavy atom. The Labute approximate surface area is 63.7 Å². The molecule has 0 nitrogen and oxygen atoms in total. The third kappa shape index (κ3) is 3.65. The van der Waals surface area contributed by atoms with Gasteiger partial charge in [-0.2, -0.15) is 13.2 Å². The van der Waals surface area contributed by atoms with Gasteiger partial charge < -0.3 is 0 Å². The number of alkyl halides is 3. The van der Waals surface area contributed by atoms with Crippen molar-refractivity contribution in [3.05, 3.63) is 36.5 Å². The molecule has 0 aliphatic rings. The second-order valence-electron chi connectivity index (χ2n) is 1.86. The highest BCUT2D eigenvalue weighted by atomic mass is 19.4. The molecule has 0 rings (SSSR count). The van der Waals surface area contributed by atoms with E-state index in [2.05, 4.69) is 6.58 Å². The SMILES string of the molecule is C=C/C=C(\C=C\C)C(F)(F)F. The van der Waals surface area contributed by atoms with E-state index in [1.54, 1.807) is 0 Å². The first kappa shape index (κ1) is 10.0. The summed E-state index contributed by atoms with van der Waals surface area (Å²) in [6.07, 6.45) is 0.105. The molecule has 11 heavy (non-hydrogen) atoms. The summed E-state index contributed by atoms with van der Waals surface area (Å²) in [5, 5.41) is 0. The minimum Gasteiger partial charge on any atom is -0.166 e. The number of allylic oxidation sites excluding steroid dienone is 5. The van der Waals surface area contributed by atoms with Crippen LogP contribution in [0.4, 0.5) is 13.2 Å². The predicted octanol–water partition coefficient (Wildman–Crippen LogP) is 3.24. The van der Waals surface area contributed by atoms with E-state index in [1.165, 1.54) is 13.0 Å². The Morgan fingerprint density at radius 2 is 1.91 bits per heavy atom. The molecule has 0 saturated heterocycles. The Hall–Kier alpha value is -0.990. The highest BCUT2D eigenvalue weighted by molar-refractivity contribution is 5.26. The maximum absolute atomic E-state index is 11.9. The highest BCUT2D eigenvalue weighted by Crippen LogP contribution is 2.26. The van der Waals surface area contributed by atoms with Crippen molar-refractivity contribution in [2.75, 3.05) is 0 Å². The van der Waals surface area contributed by atoms with Crippen LogP contribution in [0, 0.1) is 0 Å². The Balaban J connectivity index is 4.61. The fourth-order valence-corrected chi connectivity index (χ4v) is 0.551. The zero-order valence-electron chi connectivity index (χ0n) is 6.15. The third-order valence-corrected chi connectivity index (χ3v) is 0.971. The van der Waals surface area contributed by atoms with E-state index < -0.39 is 11.7 Å². The molecule has 0 spiro atoms. The number of halogens is 3. The van der Waals surface area contributed by atoms with Crippen molar-refractivity contribution in [3.63, 3.8) is 0 Å². The first-order chi connectivity index (χ1) is 5.02. The molecule has 0 aromatic carbocycles. The molecule has 0 aliphatic heterocycles. The molecule has 0 heterocycles. The minimum absolute atomic E-state index is 0.685. The van der Waals surface area contributed by atoms with Crippen molar-refractivity contribution in [3.8, 4) is 0 Å². The molecule has 0 fully saturated rings. The van der Waals surface area contributed by atoms with E-state index in [0.29, 0.717) is 0 Å². The summed E-state index contributed by atoms with van der Waals surface area (Å²) in [4.78, 5) is 0. The van der Waals surface area contributed by atoms with E-state index in [4.69, 9.17) is 0 Å². The molecule has 0 atom stereocenters. The van der Waals surface area contributed by atoms with Gasteiger partial charge in [-0.1, -0.05) is 30.9 Å².